The molecular formula is C19H27N3O3. The van der Waals surface area contributed by atoms with E-state index in [2.05, 4.69) is 21.5 Å². The summed E-state index contributed by atoms with van der Waals surface area (Å²) in [7, 11) is 2.09. The van der Waals surface area contributed by atoms with Crippen molar-refractivity contribution < 1.29 is 13.9 Å². The van der Waals surface area contributed by atoms with E-state index >= 15 is 0 Å². The second-order valence-corrected chi connectivity index (χ2v) is 7.28. The smallest absolute Gasteiger partial charge is 0.0949 e. The van der Waals surface area contributed by atoms with E-state index < -0.39 is 0 Å². The lowest BCUT2D eigenvalue weighted by Gasteiger charge is -2.33. The van der Waals surface area contributed by atoms with Crippen molar-refractivity contribution >= 4 is 0 Å². The van der Waals surface area contributed by atoms with Crippen LogP contribution in [0, 0.1) is 5.92 Å². The summed E-state index contributed by atoms with van der Waals surface area (Å²) in [6.07, 6.45) is 7.73. The zero-order chi connectivity index (χ0) is 17.1. The first-order valence-corrected chi connectivity index (χ1v) is 9.18. The molecule has 2 aliphatic heterocycles. The van der Waals surface area contributed by atoms with Gasteiger partial charge in [-0.15, -0.1) is 0 Å². The van der Waals surface area contributed by atoms with Gasteiger partial charge in [-0.25, -0.2) is 4.98 Å². The molecule has 0 N–H and O–H groups in total. The summed E-state index contributed by atoms with van der Waals surface area (Å²) < 4.78 is 18.9. The van der Waals surface area contributed by atoms with Crippen molar-refractivity contribution in [2.24, 2.45) is 13.0 Å². The second kappa shape index (κ2) is 7.72. The van der Waals surface area contributed by atoms with Gasteiger partial charge >= 0.3 is 0 Å². The van der Waals surface area contributed by atoms with Crippen molar-refractivity contribution in [1.82, 2.24) is 14.5 Å². The molecule has 2 aliphatic rings. The average molecular weight is 345 g/mol. The maximum absolute atomic E-state index is 6.14. The Balaban J connectivity index is 1.38. The number of hydrogen-bond donors (Lipinski definition) is 0. The van der Waals surface area contributed by atoms with Gasteiger partial charge in [0.05, 0.1) is 31.2 Å². The van der Waals surface area contributed by atoms with Crippen molar-refractivity contribution in [3.05, 3.63) is 41.9 Å². The maximum atomic E-state index is 6.14. The Morgan fingerprint density at radius 1 is 1.28 bits per heavy atom. The molecule has 6 heteroatoms. The lowest BCUT2D eigenvalue weighted by atomic mass is 9.98. The number of nitrogens with zero attached hydrogens (tertiary/aromatic N) is 3. The van der Waals surface area contributed by atoms with Crippen molar-refractivity contribution in [1.29, 1.82) is 0 Å². The molecule has 1 fully saturated rings. The minimum atomic E-state index is 0.364. The molecule has 4 rings (SSSR count). The van der Waals surface area contributed by atoms with E-state index in [1.807, 2.05) is 18.7 Å². The molecule has 0 saturated carbocycles. The molecular weight excluding hydrogens is 318 g/mol. The molecule has 2 aromatic rings. The fourth-order valence-electron chi connectivity index (χ4n) is 3.99. The van der Waals surface area contributed by atoms with Crippen LogP contribution in [0.3, 0.4) is 0 Å². The molecule has 1 saturated heterocycles. The minimum Gasteiger partial charge on any atom is -0.472 e. The second-order valence-electron chi connectivity index (χ2n) is 7.28. The Morgan fingerprint density at radius 2 is 2.16 bits per heavy atom. The highest BCUT2D eigenvalue weighted by Gasteiger charge is 2.29. The number of rotatable bonds is 6. The molecule has 4 heterocycles. The van der Waals surface area contributed by atoms with Crippen molar-refractivity contribution in [2.75, 3.05) is 33.0 Å². The van der Waals surface area contributed by atoms with E-state index in [-0.39, 0.29) is 0 Å². The quantitative estimate of drug-likeness (QED) is 0.805. The van der Waals surface area contributed by atoms with Gasteiger partial charge in [0.1, 0.15) is 0 Å². The van der Waals surface area contributed by atoms with Gasteiger partial charge in [-0.05, 0) is 24.8 Å². The molecule has 25 heavy (non-hydrogen) atoms. The van der Waals surface area contributed by atoms with E-state index in [1.54, 1.807) is 6.26 Å². The van der Waals surface area contributed by atoms with Gasteiger partial charge < -0.3 is 18.5 Å². The summed E-state index contributed by atoms with van der Waals surface area (Å²) in [5, 5.41) is 0. The first kappa shape index (κ1) is 16.8. The van der Waals surface area contributed by atoms with Crippen LogP contribution in [-0.2, 0) is 29.6 Å². The predicted octanol–water partition coefficient (Wildman–Crippen LogP) is 2.56. The normalized spacial score (nSPS) is 22.2. The van der Waals surface area contributed by atoms with E-state index in [9.17, 15) is 0 Å². The van der Waals surface area contributed by atoms with Crippen molar-refractivity contribution in [3.63, 3.8) is 0 Å². The highest BCUT2D eigenvalue weighted by Crippen LogP contribution is 2.29. The number of fused-ring (bicyclic) bond motifs is 1. The average Bonchev–Trinajstić information content (AvgIpc) is 3.26. The highest BCUT2D eigenvalue weighted by atomic mass is 16.5. The SMILES string of the molecule is Cn1cnc2c1C(COCC1CCOCC1)CN(Cc1ccoc1)C2. The van der Waals surface area contributed by atoms with Crippen molar-refractivity contribution in [3.8, 4) is 0 Å². The van der Waals surface area contributed by atoms with Gasteiger partial charge in [0.15, 0.2) is 0 Å². The summed E-state index contributed by atoms with van der Waals surface area (Å²) in [5.41, 5.74) is 3.72. The van der Waals surface area contributed by atoms with Crippen LogP contribution in [0.4, 0.5) is 0 Å². The van der Waals surface area contributed by atoms with Gasteiger partial charge in [-0.1, -0.05) is 0 Å². The van der Waals surface area contributed by atoms with E-state index in [0.717, 1.165) is 58.9 Å². The van der Waals surface area contributed by atoms with Crippen LogP contribution in [0.2, 0.25) is 0 Å². The predicted molar refractivity (Wildman–Crippen MR) is 93.1 cm³/mol. The molecule has 2 aromatic heterocycles. The number of furan rings is 1. The number of ether oxygens (including phenoxy) is 2. The fraction of sp³-hybridized carbons (Fsp3) is 0.632. The molecule has 0 bridgehead atoms. The molecule has 0 amide bonds. The Morgan fingerprint density at radius 3 is 2.96 bits per heavy atom. The van der Waals surface area contributed by atoms with Crippen LogP contribution in [0.25, 0.3) is 0 Å². The molecule has 1 unspecified atom stereocenters. The summed E-state index contributed by atoms with van der Waals surface area (Å²) >= 11 is 0. The minimum absolute atomic E-state index is 0.364. The first-order valence-electron chi connectivity index (χ1n) is 9.18. The summed E-state index contributed by atoms with van der Waals surface area (Å²) in [6.45, 7) is 6.12. The summed E-state index contributed by atoms with van der Waals surface area (Å²) in [4.78, 5) is 7.04. The van der Waals surface area contributed by atoms with Crippen LogP contribution in [0.1, 0.15) is 35.7 Å². The third-order valence-corrected chi connectivity index (χ3v) is 5.30. The zero-order valence-electron chi connectivity index (χ0n) is 14.9. The number of aromatic nitrogens is 2. The van der Waals surface area contributed by atoms with Crippen LogP contribution >= 0.6 is 0 Å². The van der Waals surface area contributed by atoms with Crippen molar-refractivity contribution in [2.45, 2.75) is 31.8 Å². The summed E-state index contributed by atoms with van der Waals surface area (Å²) in [5.74, 6) is 1.01. The molecule has 1 atom stereocenters. The van der Waals surface area contributed by atoms with Gasteiger partial charge in [-0.3, -0.25) is 4.90 Å². The fourth-order valence-corrected chi connectivity index (χ4v) is 3.99. The standard InChI is InChI=1S/C19H27N3O3/c1-21-14-20-18-10-22(8-16-4-7-24-12-16)9-17(19(18)21)13-25-11-15-2-5-23-6-3-15/h4,7,12,14-15,17H,2-3,5-6,8-11,13H2,1H3. The van der Waals surface area contributed by atoms with Crippen LogP contribution in [-0.4, -0.2) is 47.4 Å². The van der Waals surface area contributed by atoms with E-state index in [0.29, 0.717) is 11.8 Å². The van der Waals surface area contributed by atoms with Crippen LogP contribution in [0.5, 0.6) is 0 Å². The Bertz CT molecular complexity index is 662. The maximum Gasteiger partial charge on any atom is 0.0949 e. The Kier molecular flexibility index (Phi) is 5.20. The number of hydrogen-bond acceptors (Lipinski definition) is 5. The molecule has 0 aliphatic carbocycles. The largest absolute Gasteiger partial charge is 0.472 e. The first-order chi connectivity index (χ1) is 12.3. The topological polar surface area (TPSA) is 52.7 Å². The lowest BCUT2D eigenvalue weighted by molar-refractivity contribution is 0.0127. The van der Waals surface area contributed by atoms with Gasteiger partial charge in [0.2, 0.25) is 0 Å². The lowest BCUT2D eigenvalue weighted by Crippen LogP contribution is -2.36. The van der Waals surface area contributed by atoms with Crippen LogP contribution < -0.4 is 0 Å². The molecule has 6 nitrogen and oxygen atoms in total. The molecule has 0 radical (unpaired) electrons. The monoisotopic (exact) mass is 345 g/mol. The summed E-state index contributed by atoms with van der Waals surface area (Å²) in [6, 6.07) is 2.03. The zero-order valence-corrected chi connectivity index (χ0v) is 14.9. The number of aryl methyl sites for hydroxylation is 1. The molecule has 136 valence electrons. The molecule has 0 spiro atoms. The highest BCUT2D eigenvalue weighted by molar-refractivity contribution is 5.22. The number of imidazole rings is 1. The van der Waals surface area contributed by atoms with E-state index in [1.165, 1.54) is 17.0 Å². The Labute approximate surface area is 148 Å². The Hall–Kier alpha value is -1.63. The van der Waals surface area contributed by atoms with E-state index in [4.69, 9.17) is 13.9 Å². The van der Waals surface area contributed by atoms with Crippen LogP contribution in [0.15, 0.2) is 29.3 Å². The molecule has 0 aromatic carbocycles. The van der Waals surface area contributed by atoms with Gasteiger partial charge in [-0.2, -0.15) is 0 Å². The third kappa shape index (κ3) is 3.97. The third-order valence-electron chi connectivity index (χ3n) is 5.30. The van der Waals surface area contributed by atoms with Gasteiger partial charge in [0, 0.05) is 63.7 Å². The van der Waals surface area contributed by atoms with Gasteiger partial charge in [0.25, 0.3) is 0 Å².